The molecule has 0 bridgehead atoms. The van der Waals surface area contributed by atoms with Crippen molar-refractivity contribution in [2.45, 2.75) is 0 Å². The number of anilines is 1. The Kier molecular flexibility index (Phi) is 4.33. The SMILES string of the molecule is CNc1ncc(I)cc1OCI. The van der Waals surface area contributed by atoms with Crippen LogP contribution in [0.1, 0.15) is 0 Å². The van der Waals surface area contributed by atoms with Crippen molar-refractivity contribution in [1.29, 1.82) is 0 Å². The van der Waals surface area contributed by atoms with Gasteiger partial charge in [-0.1, -0.05) is 0 Å². The Labute approximate surface area is 98.6 Å². The molecule has 0 unspecified atom stereocenters. The Balaban J connectivity index is 2.95. The lowest BCUT2D eigenvalue weighted by Gasteiger charge is -2.07. The minimum Gasteiger partial charge on any atom is -0.479 e. The van der Waals surface area contributed by atoms with Crippen LogP contribution in [0, 0.1) is 3.57 Å². The van der Waals surface area contributed by atoms with Crippen molar-refractivity contribution in [3.8, 4) is 5.75 Å². The molecule has 0 atom stereocenters. The quantitative estimate of drug-likeness (QED) is 0.637. The molecule has 1 rings (SSSR count). The first-order valence-electron chi connectivity index (χ1n) is 3.30. The minimum atomic E-state index is 0.633. The fourth-order valence-electron chi connectivity index (χ4n) is 0.777. The predicted molar refractivity (Wildman–Crippen MR) is 66.0 cm³/mol. The van der Waals surface area contributed by atoms with Gasteiger partial charge in [-0.2, -0.15) is 0 Å². The number of hydrogen-bond acceptors (Lipinski definition) is 3. The fraction of sp³-hybridized carbons (Fsp3) is 0.286. The van der Waals surface area contributed by atoms with Crippen LogP contribution in [0.5, 0.6) is 5.75 Å². The lowest BCUT2D eigenvalue weighted by atomic mass is 10.4. The summed E-state index contributed by atoms with van der Waals surface area (Å²) in [5.41, 5.74) is 0. The molecule has 66 valence electrons. The van der Waals surface area contributed by atoms with Gasteiger partial charge in [0.2, 0.25) is 0 Å². The van der Waals surface area contributed by atoms with Crippen molar-refractivity contribution in [3.05, 3.63) is 15.8 Å². The van der Waals surface area contributed by atoms with E-state index in [1.54, 1.807) is 6.20 Å². The van der Waals surface area contributed by atoms with Crippen LogP contribution in [0.15, 0.2) is 12.3 Å². The molecule has 5 heteroatoms. The number of alkyl halides is 1. The average Bonchev–Trinajstić information content (AvgIpc) is 2.05. The molecule has 1 heterocycles. The Morgan fingerprint density at radius 2 is 2.42 bits per heavy atom. The fourth-order valence-corrected chi connectivity index (χ4v) is 1.53. The third kappa shape index (κ3) is 2.61. The summed E-state index contributed by atoms with van der Waals surface area (Å²) in [4.78, 5) is 4.17. The summed E-state index contributed by atoms with van der Waals surface area (Å²) in [7, 11) is 1.83. The van der Waals surface area contributed by atoms with Gasteiger partial charge in [-0.05, 0) is 51.2 Å². The molecule has 0 aliphatic carbocycles. The van der Waals surface area contributed by atoms with Crippen molar-refractivity contribution < 1.29 is 4.74 Å². The lowest BCUT2D eigenvalue weighted by Crippen LogP contribution is -1.98. The van der Waals surface area contributed by atoms with Gasteiger partial charge in [0.05, 0.1) is 0 Å². The Bertz CT molecular complexity index is 268. The largest absolute Gasteiger partial charge is 0.479 e. The molecule has 0 fully saturated rings. The lowest BCUT2D eigenvalue weighted by molar-refractivity contribution is 0.404. The molecular formula is C7H8I2N2O. The molecule has 0 saturated heterocycles. The normalized spacial score (nSPS) is 9.58. The van der Waals surface area contributed by atoms with Crippen LogP contribution in [0.3, 0.4) is 0 Å². The molecule has 0 radical (unpaired) electrons. The second-order valence-corrected chi connectivity index (χ2v) is 3.87. The van der Waals surface area contributed by atoms with E-state index in [2.05, 4.69) is 55.5 Å². The number of halogens is 2. The summed E-state index contributed by atoms with van der Waals surface area (Å²) in [5, 5.41) is 2.96. The summed E-state index contributed by atoms with van der Waals surface area (Å²) in [5.74, 6) is 1.59. The average molecular weight is 390 g/mol. The first-order chi connectivity index (χ1) is 5.77. The number of ether oxygens (including phenoxy) is 1. The summed E-state index contributed by atoms with van der Waals surface area (Å²) in [6, 6.07) is 1.96. The molecular weight excluding hydrogens is 382 g/mol. The Hall–Kier alpha value is 0.210. The number of pyridine rings is 1. The number of aromatic nitrogens is 1. The highest BCUT2D eigenvalue weighted by atomic mass is 127. The van der Waals surface area contributed by atoms with Gasteiger partial charge < -0.3 is 10.1 Å². The molecule has 0 aliphatic heterocycles. The zero-order chi connectivity index (χ0) is 8.97. The maximum Gasteiger partial charge on any atom is 0.168 e. The van der Waals surface area contributed by atoms with Crippen molar-refractivity contribution >= 4 is 51.0 Å². The second-order valence-electron chi connectivity index (χ2n) is 2.00. The van der Waals surface area contributed by atoms with E-state index in [0.29, 0.717) is 4.61 Å². The monoisotopic (exact) mass is 390 g/mol. The smallest absolute Gasteiger partial charge is 0.168 e. The van der Waals surface area contributed by atoms with E-state index in [-0.39, 0.29) is 0 Å². The number of rotatable bonds is 3. The molecule has 0 aromatic carbocycles. The summed E-state index contributed by atoms with van der Waals surface area (Å²) in [6.45, 7) is 0. The first kappa shape index (κ1) is 10.3. The minimum absolute atomic E-state index is 0.633. The maximum absolute atomic E-state index is 5.37. The third-order valence-electron chi connectivity index (χ3n) is 1.27. The van der Waals surface area contributed by atoms with E-state index in [1.165, 1.54) is 0 Å². The topological polar surface area (TPSA) is 34.2 Å². The molecule has 1 aromatic rings. The standard InChI is InChI=1S/C7H8I2N2O/c1-10-7-6(12-4-8)2-5(9)3-11-7/h2-3H,4H2,1H3,(H,10,11). The van der Waals surface area contributed by atoms with Crippen LogP contribution in [-0.4, -0.2) is 16.6 Å². The molecule has 12 heavy (non-hydrogen) atoms. The van der Waals surface area contributed by atoms with E-state index in [0.717, 1.165) is 15.1 Å². The van der Waals surface area contributed by atoms with Gasteiger partial charge in [-0.3, -0.25) is 0 Å². The van der Waals surface area contributed by atoms with Gasteiger partial charge >= 0.3 is 0 Å². The van der Waals surface area contributed by atoms with E-state index < -0.39 is 0 Å². The molecule has 0 amide bonds. The van der Waals surface area contributed by atoms with Crippen LogP contribution in [0.4, 0.5) is 5.82 Å². The van der Waals surface area contributed by atoms with Gasteiger partial charge in [-0.15, -0.1) is 0 Å². The highest BCUT2D eigenvalue weighted by molar-refractivity contribution is 14.1. The van der Waals surface area contributed by atoms with E-state index in [9.17, 15) is 0 Å². The van der Waals surface area contributed by atoms with Crippen molar-refractivity contribution in [1.82, 2.24) is 4.98 Å². The Morgan fingerprint density at radius 1 is 1.67 bits per heavy atom. The van der Waals surface area contributed by atoms with E-state index in [4.69, 9.17) is 4.74 Å². The summed E-state index contributed by atoms with van der Waals surface area (Å²) in [6.07, 6.45) is 1.80. The zero-order valence-electron chi connectivity index (χ0n) is 6.47. The van der Waals surface area contributed by atoms with Gasteiger partial charge in [-0.25, -0.2) is 4.98 Å². The maximum atomic E-state index is 5.37. The zero-order valence-corrected chi connectivity index (χ0v) is 10.8. The number of nitrogens with zero attached hydrogens (tertiary/aromatic N) is 1. The Morgan fingerprint density at radius 3 is 3.00 bits per heavy atom. The van der Waals surface area contributed by atoms with Crippen LogP contribution in [0.25, 0.3) is 0 Å². The number of hydrogen-bond donors (Lipinski definition) is 1. The first-order valence-corrected chi connectivity index (χ1v) is 5.90. The highest BCUT2D eigenvalue weighted by Crippen LogP contribution is 2.23. The van der Waals surface area contributed by atoms with Crippen molar-refractivity contribution in [2.24, 2.45) is 0 Å². The third-order valence-corrected chi connectivity index (χ3v) is 2.17. The number of nitrogens with one attached hydrogen (secondary N) is 1. The molecule has 0 saturated carbocycles. The van der Waals surface area contributed by atoms with E-state index in [1.807, 2.05) is 13.1 Å². The second kappa shape index (κ2) is 5.05. The molecule has 3 nitrogen and oxygen atoms in total. The molecule has 1 N–H and O–H groups in total. The van der Waals surface area contributed by atoms with Crippen LogP contribution < -0.4 is 10.1 Å². The predicted octanol–water partition coefficient (Wildman–Crippen LogP) is 2.50. The summed E-state index contributed by atoms with van der Waals surface area (Å²) >= 11 is 4.36. The van der Waals surface area contributed by atoms with Crippen LogP contribution in [-0.2, 0) is 0 Å². The van der Waals surface area contributed by atoms with Gasteiger partial charge in [0.25, 0.3) is 0 Å². The van der Waals surface area contributed by atoms with Crippen molar-refractivity contribution in [3.63, 3.8) is 0 Å². The van der Waals surface area contributed by atoms with E-state index >= 15 is 0 Å². The highest BCUT2D eigenvalue weighted by Gasteiger charge is 2.02. The molecule has 0 spiro atoms. The van der Waals surface area contributed by atoms with Gasteiger partial charge in [0.15, 0.2) is 11.6 Å². The van der Waals surface area contributed by atoms with Crippen molar-refractivity contribution in [2.75, 3.05) is 17.0 Å². The summed E-state index contributed by atoms with van der Waals surface area (Å²) < 4.78 is 7.07. The molecule has 0 aliphatic rings. The van der Waals surface area contributed by atoms with Crippen LogP contribution >= 0.6 is 45.2 Å². The van der Waals surface area contributed by atoms with Gasteiger partial charge in [0.1, 0.15) is 4.61 Å². The molecule has 1 aromatic heterocycles. The van der Waals surface area contributed by atoms with Gasteiger partial charge in [0, 0.05) is 16.8 Å². The van der Waals surface area contributed by atoms with Crippen LogP contribution in [0.2, 0.25) is 0 Å².